The van der Waals surface area contributed by atoms with Crippen molar-refractivity contribution in [2.75, 3.05) is 18.0 Å². The molecule has 1 aliphatic heterocycles. The highest BCUT2D eigenvalue weighted by atomic mass is 16.3. The fraction of sp³-hybridized carbons (Fsp3) is 0.444. The lowest BCUT2D eigenvalue weighted by molar-refractivity contribution is 0.198. The predicted octanol–water partition coefficient (Wildman–Crippen LogP) is 0.453. The molecule has 63 valence electrons. The van der Waals surface area contributed by atoms with Crippen LogP contribution in [0.3, 0.4) is 0 Å². The second-order valence-corrected chi connectivity index (χ2v) is 3.00. The normalized spacial score (nSPS) is 23.1. The van der Waals surface area contributed by atoms with Gasteiger partial charge in [0, 0.05) is 19.3 Å². The summed E-state index contributed by atoms with van der Waals surface area (Å²) < 4.78 is 0. The first-order chi connectivity index (χ1) is 5.86. The molecule has 1 unspecified atom stereocenters. The number of pyridine rings is 1. The molecule has 1 saturated heterocycles. The van der Waals surface area contributed by atoms with E-state index in [1.807, 2.05) is 6.07 Å². The Labute approximate surface area is 71.7 Å². The van der Waals surface area contributed by atoms with E-state index < -0.39 is 0 Å². The maximum absolute atomic E-state index is 9.28. The van der Waals surface area contributed by atoms with Crippen LogP contribution in [0.15, 0.2) is 18.3 Å². The van der Waals surface area contributed by atoms with E-state index in [1.165, 1.54) is 0 Å². The van der Waals surface area contributed by atoms with Gasteiger partial charge in [-0.2, -0.15) is 0 Å². The van der Waals surface area contributed by atoms with Crippen molar-refractivity contribution in [3.8, 4) is 0 Å². The first kappa shape index (κ1) is 7.55. The van der Waals surface area contributed by atoms with Crippen molar-refractivity contribution in [2.45, 2.75) is 12.5 Å². The van der Waals surface area contributed by atoms with Gasteiger partial charge < -0.3 is 10.0 Å². The lowest BCUT2D eigenvalue weighted by Crippen LogP contribution is -2.21. The lowest BCUT2D eigenvalue weighted by atomic mass is 10.3. The van der Waals surface area contributed by atoms with Crippen molar-refractivity contribution < 1.29 is 5.11 Å². The third kappa shape index (κ3) is 1.41. The van der Waals surface area contributed by atoms with Crippen molar-refractivity contribution in [3.05, 3.63) is 24.4 Å². The fourth-order valence-corrected chi connectivity index (χ4v) is 1.44. The number of anilines is 1. The zero-order chi connectivity index (χ0) is 8.39. The van der Waals surface area contributed by atoms with E-state index >= 15 is 0 Å². The molecule has 1 aromatic heterocycles. The number of hydrogen-bond acceptors (Lipinski definition) is 3. The standard InChI is InChI=1S/C9H11N2O/c12-8-4-6-11(7-8)9-3-1-2-5-10-9/h2-3,5,8,12H,4,6-7H2. The van der Waals surface area contributed by atoms with Gasteiger partial charge in [0.25, 0.3) is 0 Å². The molecule has 3 nitrogen and oxygen atoms in total. The van der Waals surface area contributed by atoms with Crippen LogP contribution in [-0.2, 0) is 0 Å². The number of rotatable bonds is 1. The van der Waals surface area contributed by atoms with Crippen LogP contribution in [-0.4, -0.2) is 29.3 Å². The SMILES string of the molecule is OC1CCN(c2c[c]ccn2)C1. The summed E-state index contributed by atoms with van der Waals surface area (Å²) >= 11 is 0. The van der Waals surface area contributed by atoms with E-state index in [-0.39, 0.29) is 6.10 Å². The highest BCUT2D eigenvalue weighted by molar-refractivity contribution is 5.38. The van der Waals surface area contributed by atoms with Crippen LogP contribution in [0.5, 0.6) is 0 Å². The molecule has 1 atom stereocenters. The van der Waals surface area contributed by atoms with Gasteiger partial charge in [-0.15, -0.1) is 0 Å². The summed E-state index contributed by atoms with van der Waals surface area (Å²) in [7, 11) is 0. The summed E-state index contributed by atoms with van der Waals surface area (Å²) in [5.74, 6) is 0.911. The van der Waals surface area contributed by atoms with Crippen molar-refractivity contribution in [1.29, 1.82) is 0 Å². The number of aliphatic hydroxyl groups is 1. The van der Waals surface area contributed by atoms with E-state index in [0.717, 1.165) is 18.8 Å². The third-order valence-corrected chi connectivity index (χ3v) is 2.08. The molecule has 1 aliphatic rings. The van der Waals surface area contributed by atoms with Gasteiger partial charge >= 0.3 is 0 Å². The molecule has 0 spiro atoms. The topological polar surface area (TPSA) is 36.4 Å². The van der Waals surface area contributed by atoms with Gasteiger partial charge in [0.2, 0.25) is 0 Å². The molecule has 0 bridgehead atoms. The molecule has 0 aliphatic carbocycles. The van der Waals surface area contributed by atoms with E-state index in [9.17, 15) is 5.11 Å². The van der Waals surface area contributed by atoms with Gasteiger partial charge in [-0.1, -0.05) is 0 Å². The van der Waals surface area contributed by atoms with Gasteiger partial charge in [0.1, 0.15) is 5.82 Å². The molecule has 1 fully saturated rings. The van der Waals surface area contributed by atoms with Gasteiger partial charge in [-0.3, -0.25) is 0 Å². The molecule has 0 aromatic carbocycles. The summed E-state index contributed by atoms with van der Waals surface area (Å²) in [6.07, 6.45) is 2.38. The lowest BCUT2D eigenvalue weighted by Gasteiger charge is -2.15. The zero-order valence-corrected chi connectivity index (χ0v) is 6.77. The summed E-state index contributed by atoms with van der Waals surface area (Å²) in [6.45, 7) is 1.59. The first-order valence-corrected chi connectivity index (χ1v) is 4.11. The van der Waals surface area contributed by atoms with Crippen molar-refractivity contribution in [1.82, 2.24) is 4.98 Å². The monoisotopic (exact) mass is 163 g/mol. The Morgan fingerprint density at radius 3 is 3.17 bits per heavy atom. The molecule has 2 rings (SSSR count). The maximum Gasteiger partial charge on any atom is 0.129 e. The highest BCUT2D eigenvalue weighted by Crippen LogP contribution is 2.16. The molecule has 0 amide bonds. The van der Waals surface area contributed by atoms with Gasteiger partial charge in [-0.05, 0) is 24.6 Å². The maximum atomic E-state index is 9.28. The van der Waals surface area contributed by atoms with Crippen LogP contribution >= 0.6 is 0 Å². The summed E-state index contributed by atoms with van der Waals surface area (Å²) in [5, 5.41) is 9.28. The molecular formula is C9H11N2O. The van der Waals surface area contributed by atoms with E-state index in [0.29, 0.717) is 6.54 Å². The molecule has 12 heavy (non-hydrogen) atoms. The average Bonchev–Trinajstić information content (AvgIpc) is 2.54. The summed E-state index contributed by atoms with van der Waals surface area (Å²) in [4.78, 5) is 6.25. The Morgan fingerprint density at radius 1 is 1.67 bits per heavy atom. The van der Waals surface area contributed by atoms with Crippen LogP contribution < -0.4 is 4.90 Å². The summed E-state index contributed by atoms with van der Waals surface area (Å²) in [6, 6.07) is 6.59. The number of aliphatic hydroxyl groups excluding tert-OH is 1. The minimum Gasteiger partial charge on any atom is -0.391 e. The van der Waals surface area contributed by atoms with E-state index in [1.54, 1.807) is 12.3 Å². The van der Waals surface area contributed by atoms with Gasteiger partial charge in [0.05, 0.1) is 6.10 Å². The summed E-state index contributed by atoms with van der Waals surface area (Å²) in [5.41, 5.74) is 0. The van der Waals surface area contributed by atoms with Gasteiger partial charge in [-0.25, -0.2) is 4.98 Å². The molecule has 1 aromatic rings. The van der Waals surface area contributed by atoms with Crippen LogP contribution in [0.25, 0.3) is 0 Å². The number of aromatic nitrogens is 1. The largest absolute Gasteiger partial charge is 0.391 e. The van der Waals surface area contributed by atoms with Crippen LogP contribution in [0.4, 0.5) is 5.82 Å². The van der Waals surface area contributed by atoms with E-state index in [2.05, 4.69) is 16.0 Å². The predicted molar refractivity (Wildman–Crippen MR) is 45.9 cm³/mol. The van der Waals surface area contributed by atoms with Crippen molar-refractivity contribution in [2.24, 2.45) is 0 Å². The Balaban J connectivity index is 2.11. The second-order valence-electron chi connectivity index (χ2n) is 3.00. The van der Waals surface area contributed by atoms with Crippen LogP contribution in [0.2, 0.25) is 0 Å². The Hall–Kier alpha value is -1.09. The quantitative estimate of drug-likeness (QED) is 0.653. The molecule has 0 saturated carbocycles. The number of β-amino-alcohol motifs (C(OH)–C–C–N with tert-alkyl or cyclic N) is 1. The first-order valence-electron chi connectivity index (χ1n) is 4.11. The van der Waals surface area contributed by atoms with Crippen molar-refractivity contribution in [3.63, 3.8) is 0 Å². The smallest absolute Gasteiger partial charge is 0.129 e. The average molecular weight is 163 g/mol. The molecular weight excluding hydrogens is 152 g/mol. The Morgan fingerprint density at radius 2 is 2.58 bits per heavy atom. The Kier molecular flexibility index (Phi) is 1.96. The minimum atomic E-state index is -0.188. The minimum absolute atomic E-state index is 0.188. The number of nitrogens with zero attached hydrogens (tertiary/aromatic N) is 2. The van der Waals surface area contributed by atoms with Gasteiger partial charge in [0.15, 0.2) is 0 Å². The third-order valence-electron chi connectivity index (χ3n) is 2.08. The molecule has 1 radical (unpaired) electrons. The van der Waals surface area contributed by atoms with E-state index in [4.69, 9.17) is 0 Å². The Bertz CT molecular complexity index is 250. The molecule has 3 heteroatoms. The van der Waals surface area contributed by atoms with Crippen LogP contribution in [0, 0.1) is 6.07 Å². The molecule has 1 N–H and O–H groups in total. The molecule has 2 heterocycles. The second kappa shape index (κ2) is 3.11. The van der Waals surface area contributed by atoms with Crippen LogP contribution in [0.1, 0.15) is 6.42 Å². The number of hydrogen-bond donors (Lipinski definition) is 1. The fourth-order valence-electron chi connectivity index (χ4n) is 1.44. The highest BCUT2D eigenvalue weighted by Gasteiger charge is 2.20. The zero-order valence-electron chi connectivity index (χ0n) is 6.77. The van der Waals surface area contributed by atoms with Crippen molar-refractivity contribution >= 4 is 5.82 Å².